The number of fused-ring (bicyclic) bond motifs is 1. The van der Waals surface area contributed by atoms with E-state index in [2.05, 4.69) is 4.90 Å². The standard InChI is InChI=1S/C17H18F3N3/c18-17(19,20)12-23-9-8-22(15-6-1-2-7-16(15)23)11-13-4-3-5-14(21)10-13/h1-7,10H,8-9,11-12,21H2. The summed E-state index contributed by atoms with van der Waals surface area (Å²) in [6, 6.07) is 14.8. The van der Waals surface area contributed by atoms with E-state index in [9.17, 15) is 13.2 Å². The Balaban J connectivity index is 1.85. The Bertz CT molecular complexity index is 685. The highest BCUT2D eigenvalue weighted by molar-refractivity contribution is 5.73. The van der Waals surface area contributed by atoms with E-state index in [0.717, 1.165) is 11.3 Å². The fraction of sp³-hybridized carbons (Fsp3) is 0.294. The average Bonchev–Trinajstić information content (AvgIpc) is 2.49. The topological polar surface area (TPSA) is 32.5 Å². The molecule has 3 rings (SSSR count). The van der Waals surface area contributed by atoms with Crippen LogP contribution < -0.4 is 15.5 Å². The number of nitrogen functional groups attached to an aromatic ring is 1. The van der Waals surface area contributed by atoms with E-state index < -0.39 is 12.7 Å². The Labute approximate surface area is 133 Å². The molecule has 0 bridgehead atoms. The zero-order valence-corrected chi connectivity index (χ0v) is 12.6. The quantitative estimate of drug-likeness (QED) is 0.876. The number of rotatable bonds is 3. The van der Waals surface area contributed by atoms with Gasteiger partial charge in [-0.3, -0.25) is 0 Å². The molecule has 1 aliphatic heterocycles. The van der Waals surface area contributed by atoms with E-state index in [1.807, 2.05) is 36.4 Å². The highest BCUT2D eigenvalue weighted by Crippen LogP contribution is 2.35. The second kappa shape index (κ2) is 6.02. The lowest BCUT2D eigenvalue weighted by Crippen LogP contribution is -2.44. The third-order valence-electron chi connectivity index (χ3n) is 3.90. The van der Waals surface area contributed by atoms with Crippen molar-refractivity contribution in [2.24, 2.45) is 0 Å². The van der Waals surface area contributed by atoms with Gasteiger partial charge in [0.1, 0.15) is 6.54 Å². The zero-order valence-electron chi connectivity index (χ0n) is 12.6. The van der Waals surface area contributed by atoms with Crippen LogP contribution in [0.2, 0.25) is 0 Å². The molecule has 3 nitrogen and oxygen atoms in total. The Morgan fingerprint density at radius 1 is 0.913 bits per heavy atom. The Morgan fingerprint density at radius 2 is 1.57 bits per heavy atom. The van der Waals surface area contributed by atoms with Crippen molar-refractivity contribution >= 4 is 17.1 Å². The van der Waals surface area contributed by atoms with Crippen molar-refractivity contribution in [2.45, 2.75) is 12.7 Å². The first-order chi connectivity index (χ1) is 10.9. The first-order valence-corrected chi connectivity index (χ1v) is 7.42. The minimum Gasteiger partial charge on any atom is -0.399 e. The van der Waals surface area contributed by atoms with Crippen LogP contribution in [0.25, 0.3) is 0 Å². The van der Waals surface area contributed by atoms with Gasteiger partial charge in [-0.2, -0.15) is 13.2 Å². The van der Waals surface area contributed by atoms with Crippen LogP contribution in [-0.2, 0) is 6.54 Å². The van der Waals surface area contributed by atoms with Crippen LogP contribution in [0.5, 0.6) is 0 Å². The second-order valence-corrected chi connectivity index (χ2v) is 5.69. The third kappa shape index (κ3) is 3.70. The molecular formula is C17H18F3N3. The second-order valence-electron chi connectivity index (χ2n) is 5.69. The lowest BCUT2D eigenvalue weighted by molar-refractivity contribution is -0.119. The maximum absolute atomic E-state index is 12.8. The van der Waals surface area contributed by atoms with E-state index >= 15 is 0 Å². The molecule has 2 aromatic rings. The molecule has 0 unspecified atom stereocenters. The van der Waals surface area contributed by atoms with E-state index in [-0.39, 0.29) is 0 Å². The van der Waals surface area contributed by atoms with Gasteiger partial charge in [-0.1, -0.05) is 24.3 Å². The summed E-state index contributed by atoms with van der Waals surface area (Å²) in [5.74, 6) is 0. The molecule has 0 radical (unpaired) electrons. The van der Waals surface area contributed by atoms with Crippen molar-refractivity contribution in [1.82, 2.24) is 0 Å². The van der Waals surface area contributed by atoms with Gasteiger partial charge in [0.05, 0.1) is 11.4 Å². The summed E-state index contributed by atoms with van der Waals surface area (Å²) >= 11 is 0. The summed E-state index contributed by atoms with van der Waals surface area (Å²) in [5, 5.41) is 0. The van der Waals surface area contributed by atoms with Gasteiger partial charge in [-0.25, -0.2) is 0 Å². The first-order valence-electron chi connectivity index (χ1n) is 7.42. The predicted octanol–water partition coefficient (Wildman–Crippen LogP) is 3.66. The average molecular weight is 321 g/mol. The SMILES string of the molecule is Nc1cccc(CN2CCN(CC(F)(F)F)c3ccccc32)c1. The smallest absolute Gasteiger partial charge is 0.399 e. The molecule has 0 fully saturated rings. The van der Waals surface area contributed by atoms with Gasteiger partial charge < -0.3 is 15.5 Å². The van der Waals surface area contributed by atoms with Gasteiger partial charge in [0.15, 0.2) is 0 Å². The molecule has 0 spiro atoms. The molecule has 0 atom stereocenters. The van der Waals surface area contributed by atoms with Crippen LogP contribution in [0.1, 0.15) is 5.56 Å². The molecule has 23 heavy (non-hydrogen) atoms. The van der Waals surface area contributed by atoms with Gasteiger partial charge in [-0.15, -0.1) is 0 Å². The van der Waals surface area contributed by atoms with E-state index in [4.69, 9.17) is 5.73 Å². The molecule has 1 heterocycles. The van der Waals surface area contributed by atoms with Crippen molar-refractivity contribution in [3.05, 3.63) is 54.1 Å². The number of hydrogen-bond donors (Lipinski definition) is 1. The number of hydrogen-bond acceptors (Lipinski definition) is 3. The number of anilines is 3. The van der Waals surface area contributed by atoms with Crippen LogP contribution in [0.3, 0.4) is 0 Å². The van der Waals surface area contributed by atoms with Gasteiger partial charge in [0, 0.05) is 25.3 Å². The van der Waals surface area contributed by atoms with Crippen molar-refractivity contribution in [3.8, 4) is 0 Å². The van der Waals surface area contributed by atoms with Gasteiger partial charge >= 0.3 is 6.18 Å². The molecule has 1 aliphatic rings. The van der Waals surface area contributed by atoms with E-state index in [1.165, 1.54) is 4.90 Å². The van der Waals surface area contributed by atoms with Crippen molar-refractivity contribution in [1.29, 1.82) is 0 Å². The maximum atomic E-state index is 12.8. The number of nitrogens with zero attached hydrogens (tertiary/aromatic N) is 2. The fourth-order valence-corrected chi connectivity index (χ4v) is 2.94. The van der Waals surface area contributed by atoms with E-state index in [0.29, 0.717) is 31.0 Å². The molecule has 0 aliphatic carbocycles. The van der Waals surface area contributed by atoms with E-state index in [1.54, 1.807) is 12.1 Å². The lowest BCUT2D eigenvalue weighted by Gasteiger charge is -2.39. The van der Waals surface area contributed by atoms with Crippen LogP contribution in [0, 0.1) is 0 Å². The van der Waals surface area contributed by atoms with Crippen molar-refractivity contribution in [3.63, 3.8) is 0 Å². The highest BCUT2D eigenvalue weighted by Gasteiger charge is 2.33. The minimum absolute atomic E-state index is 0.346. The molecule has 2 aromatic carbocycles. The highest BCUT2D eigenvalue weighted by atomic mass is 19.4. The summed E-state index contributed by atoms with van der Waals surface area (Å²) in [5.41, 5.74) is 8.98. The minimum atomic E-state index is -4.21. The Morgan fingerprint density at radius 3 is 2.22 bits per heavy atom. The molecule has 6 heteroatoms. The van der Waals surface area contributed by atoms with Crippen LogP contribution in [-0.4, -0.2) is 25.8 Å². The summed E-state index contributed by atoms with van der Waals surface area (Å²) in [7, 11) is 0. The monoisotopic (exact) mass is 321 g/mol. The molecule has 0 saturated carbocycles. The van der Waals surface area contributed by atoms with Crippen LogP contribution in [0.4, 0.5) is 30.2 Å². The van der Waals surface area contributed by atoms with Gasteiger partial charge in [0.2, 0.25) is 0 Å². The molecule has 122 valence electrons. The van der Waals surface area contributed by atoms with Gasteiger partial charge in [0.25, 0.3) is 0 Å². The molecular weight excluding hydrogens is 303 g/mol. The summed E-state index contributed by atoms with van der Waals surface area (Å²) in [4.78, 5) is 3.49. The van der Waals surface area contributed by atoms with Crippen molar-refractivity contribution in [2.75, 3.05) is 35.2 Å². The summed E-state index contributed by atoms with van der Waals surface area (Å²) < 4.78 is 38.3. The zero-order chi connectivity index (χ0) is 16.4. The van der Waals surface area contributed by atoms with Crippen LogP contribution >= 0.6 is 0 Å². The first kappa shape index (κ1) is 15.5. The fourth-order valence-electron chi connectivity index (χ4n) is 2.94. The predicted molar refractivity (Wildman–Crippen MR) is 86.6 cm³/mol. The van der Waals surface area contributed by atoms with Crippen LogP contribution in [0.15, 0.2) is 48.5 Å². The normalized spacial score (nSPS) is 14.7. The molecule has 0 saturated heterocycles. The Hall–Kier alpha value is -2.37. The molecule has 2 N–H and O–H groups in total. The third-order valence-corrected chi connectivity index (χ3v) is 3.90. The number of para-hydroxylation sites is 2. The number of halogens is 3. The summed E-state index contributed by atoms with van der Waals surface area (Å²) in [6.07, 6.45) is -4.21. The number of nitrogens with two attached hydrogens (primary N) is 1. The summed E-state index contributed by atoms with van der Waals surface area (Å²) in [6.45, 7) is 0.596. The molecule has 0 amide bonds. The van der Waals surface area contributed by atoms with Crippen molar-refractivity contribution < 1.29 is 13.2 Å². The number of alkyl halides is 3. The molecule has 0 aromatic heterocycles. The lowest BCUT2D eigenvalue weighted by atomic mass is 10.1. The van der Waals surface area contributed by atoms with Gasteiger partial charge in [-0.05, 0) is 29.8 Å². The largest absolute Gasteiger partial charge is 0.405 e. The number of benzene rings is 2. The Kier molecular flexibility index (Phi) is 4.07. The maximum Gasteiger partial charge on any atom is 0.405 e.